The molecule has 5 rings (SSSR count). The number of carbonyl (C=O) groups excluding carboxylic acids is 7. The largest absolute Gasteiger partial charge is 0.344 e. The minimum absolute atomic E-state index is 0. The summed E-state index contributed by atoms with van der Waals surface area (Å²) in [5, 5.41) is 0. The molecule has 16 nitrogen and oxygen atoms in total. The Labute approximate surface area is 409 Å². The Morgan fingerprint density at radius 1 is 0.493 bits per heavy atom. The number of ketones is 1. The number of allylic oxidation sites excluding steroid dienone is 2. The van der Waals surface area contributed by atoms with E-state index in [1.165, 1.54) is 51.0 Å². The van der Waals surface area contributed by atoms with Gasteiger partial charge in [-0.25, -0.2) is 0 Å². The van der Waals surface area contributed by atoms with Crippen molar-refractivity contribution in [3.8, 4) is 0 Å². The van der Waals surface area contributed by atoms with Crippen LogP contribution in [0.4, 0.5) is 0 Å². The summed E-state index contributed by atoms with van der Waals surface area (Å²) < 4.78 is 0. The number of nitrogens with zero attached hydrogens (tertiary/aromatic N) is 5. The quantitative estimate of drug-likeness (QED) is 0.0960. The van der Waals surface area contributed by atoms with Gasteiger partial charge in [0.1, 0.15) is 43.5 Å². The van der Waals surface area contributed by atoms with Gasteiger partial charge in [0, 0.05) is 76.7 Å². The molecule has 0 aromatic carbocycles. The maximum Gasteiger partial charge on any atom is 0.142 e. The lowest BCUT2D eigenvalue weighted by molar-refractivity contribution is -0.115. The van der Waals surface area contributed by atoms with E-state index >= 15 is 0 Å². The Morgan fingerprint density at radius 2 is 0.776 bits per heavy atom. The molecule has 0 saturated heterocycles. The summed E-state index contributed by atoms with van der Waals surface area (Å²) in [6, 6.07) is 25.3. The van der Waals surface area contributed by atoms with Gasteiger partial charge in [0.2, 0.25) is 0 Å². The third-order valence-electron chi connectivity index (χ3n) is 4.37. The van der Waals surface area contributed by atoms with E-state index < -0.39 is 0 Å². The third-order valence-corrected chi connectivity index (χ3v) is 4.37. The van der Waals surface area contributed by atoms with Crippen molar-refractivity contribution < 1.29 is 36.4 Å². The van der Waals surface area contributed by atoms with Crippen molar-refractivity contribution in [2.24, 2.45) is 0 Å². The van der Waals surface area contributed by atoms with Crippen molar-refractivity contribution in [1.29, 1.82) is 0 Å². The van der Waals surface area contributed by atoms with Gasteiger partial charge < -0.3 is 48.6 Å². The van der Waals surface area contributed by atoms with Crippen LogP contribution in [0.3, 0.4) is 0 Å². The van der Waals surface area contributed by atoms with E-state index in [2.05, 4.69) is 38.1 Å². The second-order valence-corrected chi connectivity index (χ2v) is 10.3. The summed E-state index contributed by atoms with van der Waals surface area (Å²) >= 11 is 0. The number of aryl methyl sites for hydroxylation is 4. The average molecular weight is 946 g/mol. The topological polar surface area (TPSA) is 324 Å². The van der Waals surface area contributed by atoms with Gasteiger partial charge in [-0.3, -0.25) is 34.5 Å². The highest BCUT2D eigenvalue weighted by Gasteiger charge is 1.75. The van der Waals surface area contributed by atoms with Crippen LogP contribution in [0.1, 0.15) is 102 Å². The van der Waals surface area contributed by atoms with Gasteiger partial charge in [0.15, 0.2) is 0 Å². The van der Waals surface area contributed by atoms with Gasteiger partial charge in [-0.2, -0.15) is 0 Å². The van der Waals surface area contributed by atoms with E-state index in [0.29, 0.717) is 25.4 Å². The molecule has 5 aromatic heterocycles. The van der Waals surface area contributed by atoms with Crippen LogP contribution in [0.15, 0.2) is 154 Å². The molecule has 67 heavy (non-hydrogen) atoms. The summed E-state index contributed by atoms with van der Waals surface area (Å²) in [5.41, 5.74) is 4.61. The SMILES string of the molecule is C.C.C.C=CC=O.C=CC=O.CC(C)=O.CC=O.CC=O.CCC=O.CCC=O.Cc1ccccn1.Cc1ccccn1.Cc1cccnc1.Cc1ccncc1.N.N.N.N.[HH].[HH].c1ccncc1. The van der Waals surface area contributed by atoms with E-state index in [4.69, 9.17) is 19.2 Å². The van der Waals surface area contributed by atoms with Crippen LogP contribution in [0.5, 0.6) is 0 Å². The molecule has 0 bridgehead atoms. The van der Waals surface area contributed by atoms with Crippen LogP contribution >= 0.6 is 0 Å². The van der Waals surface area contributed by atoms with Crippen LogP contribution in [0, 0.1) is 27.7 Å². The molecule has 0 aliphatic carbocycles. The Kier molecular flexibility index (Phi) is 151. The van der Waals surface area contributed by atoms with Gasteiger partial charge in [-0.15, -0.1) is 0 Å². The molecular formula is C51H95N9O7. The fourth-order valence-corrected chi connectivity index (χ4v) is 2.08. The van der Waals surface area contributed by atoms with E-state index in [0.717, 1.165) is 36.5 Å². The monoisotopic (exact) mass is 946 g/mol. The summed E-state index contributed by atoms with van der Waals surface area (Å²) in [5.74, 6) is 0.167. The highest BCUT2D eigenvalue weighted by Crippen LogP contribution is 1.89. The van der Waals surface area contributed by atoms with Gasteiger partial charge in [-0.05, 0) is 133 Å². The minimum atomic E-state index is 0. The molecule has 5 aromatic rings. The number of hydrogen-bond donors (Lipinski definition) is 4. The molecule has 0 aliphatic heterocycles. The van der Waals surface area contributed by atoms with Crippen LogP contribution in [0.2, 0.25) is 0 Å². The third kappa shape index (κ3) is 157. The van der Waals surface area contributed by atoms with Crippen molar-refractivity contribution in [1.82, 2.24) is 49.5 Å². The Hall–Kier alpha value is -7.24. The van der Waals surface area contributed by atoms with Crippen molar-refractivity contribution in [3.05, 3.63) is 176 Å². The van der Waals surface area contributed by atoms with Crippen molar-refractivity contribution in [2.45, 2.75) is 104 Å². The van der Waals surface area contributed by atoms with Gasteiger partial charge in [0.25, 0.3) is 0 Å². The molecule has 0 aliphatic rings. The first-order valence-electron chi connectivity index (χ1n) is 18.4. The number of hydrogen-bond acceptors (Lipinski definition) is 16. The standard InChI is InChI=1S/4C6H7N.C5H5N.3C3H6O.2C3H4O.2C2H4O.3CH4.4H3N.2H2/c1-6-2-4-7-5-3-6;1-6-3-2-4-7-5-6;2*1-6-4-2-3-5-7-6;1-2-4-6-5-3-1;1-3(2)4;4*1-2-3-4;2*1-2-3;;;;;;;;;/h4*2-5H,1H3;1-5H;1-2H3;2*3H,2H2,1H3;2*2-3H,1H2;2*2H,1H3;3*1H4;4*1H3;2*1H. The van der Waals surface area contributed by atoms with Crippen LogP contribution in [-0.4, -0.2) is 68.4 Å². The van der Waals surface area contributed by atoms with Crippen molar-refractivity contribution >= 4 is 43.5 Å². The van der Waals surface area contributed by atoms with Gasteiger partial charge in [-0.1, -0.05) is 73.6 Å². The number of pyridine rings is 5. The van der Waals surface area contributed by atoms with E-state index in [9.17, 15) is 14.4 Å². The smallest absolute Gasteiger partial charge is 0.142 e. The number of aldehydes is 6. The zero-order chi connectivity index (χ0) is 47.3. The lowest BCUT2D eigenvalue weighted by Gasteiger charge is -1.82. The number of aromatic nitrogens is 5. The normalized spacial score (nSPS) is 6.48. The fourth-order valence-electron chi connectivity index (χ4n) is 2.08. The average Bonchev–Trinajstić information content (AvgIpc) is 3.27. The molecule has 386 valence electrons. The number of rotatable bonds is 4. The minimum Gasteiger partial charge on any atom is -0.344 e. The van der Waals surface area contributed by atoms with E-state index in [1.54, 1.807) is 43.4 Å². The molecule has 0 atom stereocenters. The molecule has 12 N–H and O–H groups in total. The fraction of sp³-hybridized carbons (Fsp3) is 0.294. The Balaban J connectivity index is -0.0000000317. The molecule has 5 heterocycles. The highest BCUT2D eigenvalue weighted by atomic mass is 16.1. The summed E-state index contributed by atoms with van der Waals surface area (Å²) in [4.78, 5) is 83.0. The zero-order valence-electron chi connectivity index (χ0n) is 40.0. The summed E-state index contributed by atoms with van der Waals surface area (Å²) in [6.45, 7) is 23.8. The summed E-state index contributed by atoms with van der Waals surface area (Å²) in [7, 11) is 0. The van der Waals surface area contributed by atoms with Crippen LogP contribution in [-0.2, 0) is 33.6 Å². The van der Waals surface area contributed by atoms with Gasteiger partial charge >= 0.3 is 0 Å². The molecule has 0 unspecified atom stereocenters. The molecular weight excluding hydrogens is 851 g/mol. The lowest BCUT2D eigenvalue weighted by Crippen LogP contribution is -1.72. The molecule has 0 amide bonds. The Morgan fingerprint density at radius 3 is 0.881 bits per heavy atom. The first-order chi connectivity index (χ1) is 28.8. The first-order valence-corrected chi connectivity index (χ1v) is 18.4. The predicted molar refractivity (Wildman–Crippen MR) is 290 cm³/mol. The molecule has 0 spiro atoms. The maximum absolute atomic E-state index is 9.44. The van der Waals surface area contributed by atoms with Gasteiger partial charge in [0.05, 0.1) is 0 Å². The zero-order valence-corrected chi connectivity index (χ0v) is 40.0. The number of Topliss-reactive ketones (excluding diaryl/α,β-unsaturated/α-hetero) is 1. The predicted octanol–water partition coefficient (Wildman–Crippen LogP) is 12.6. The van der Waals surface area contributed by atoms with Crippen molar-refractivity contribution in [3.63, 3.8) is 0 Å². The molecule has 0 radical (unpaired) electrons. The molecule has 0 saturated carbocycles. The Bertz CT molecular complexity index is 1410. The van der Waals surface area contributed by atoms with Crippen LogP contribution in [0.25, 0.3) is 0 Å². The van der Waals surface area contributed by atoms with E-state index in [1.807, 2.05) is 127 Å². The highest BCUT2D eigenvalue weighted by molar-refractivity contribution is 5.72. The maximum atomic E-state index is 9.44. The second kappa shape index (κ2) is 102. The van der Waals surface area contributed by atoms with Crippen molar-refractivity contribution in [2.75, 3.05) is 0 Å². The van der Waals surface area contributed by atoms with E-state index in [-0.39, 0.29) is 55.5 Å². The first kappa shape index (κ1) is 98.5. The number of carbonyl (C=O) groups is 7. The lowest BCUT2D eigenvalue weighted by atomic mass is 10.3. The molecule has 0 fully saturated rings. The summed E-state index contributed by atoms with van der Waals surface area (Å²) in [6.07, 6.45) is 22.4. The second-order valence-electron chi connectivity index (χ2n) is 10.3. The molecule has 16 heteroatoms. The van der Waals surface area contributed by atoms with Crippen LogP contribution < -0.4 is 24.6 Å².